The van der Waals surface area contributed by atoms with Crippen LogP contribution in [0.25, 0.3) is 0 Å². The number of rotatable bonds is 7. The quantitative estimate of drug-likeness (QED) is 0.296. The largest absolute Gasteiger partial charge is 0.394 e. The van der Waals surface area contributed by atoms with Gasteiger partial charge < -0.3 is 30.8 Å². The monoisotopic (exact) mass is 319 g/mol. The number of hydrogen-bond donors (Lipinski definition) is 6. The maximum atomic E-state index is 11.7. The second kappa shape index (κ2) is 7.51. The van der Waals surface area contributed by atoms with Gasteiger partial charge in [-0.15, -0.1) is 0 Å². The normalized spacial score (nSPS) is 16.9. The molecule has 1 aromatic heterocycles. The van der Waals surface area contributed by atoms with Crippen molar-refractivity contribution >= 4 is 5.82 Å². The summed E-state index contributed by atoms with van der Waals surface area (Å²) in [6, 6.07) is 1.14. The Hall–Kier alpha value is -1.72. The Morgan fingerprint density at radius 1 is 1.05 bits per heavy atom. The van der Waals surface area contributed by atoms with Crippen molar-refractivity contribution < 1.29 is 25.5 Å². The van der Waals surface area contributed by atoms with Crippen molar-refractivity contribution in [3.8, 4) is 0 Å². The zero-order chi connectivity index (χ0) is 17.0. The van der Waals surface area contributed by atoms with Crippen molar-refractivity contribution in [2.75, 3.05) is 18.5 Å². The van der Waals surface area contributed by atoms with Crippen molar-refractivity contribution in [3.63, 3.8) is 0 Å². The van der Waals surface area contributed by atoms with Crippen molar-refractivity contribution in [1.29, 1.82) is 0 Å². The van der Waals surface area contributed by atoms with Gasteiger partial charge in [0, 0.05) is 26.7 Å². The molecule has 0 aromatic carbocycles. The van der Waals surface area contributed by atoms with E-state index in [0.717, 1.165) is 15.2 Å². The highest BCUT2D eigenvalue weighted by Gasteiger charge is 2.29. The third-order valence-corrected chi connectivity index (χ3v) is 3.34. The lowest BCUT2D eigenvalue weighted by Gasteiger charge is -2.26. The van der Waals surface area contributed by atoms with Gasteiger partial charge in [0.15, 0.2) is 0 Å². The van der Waals surface area contributed by atoms with E-state index in [2.05, 4.69) is 5.32 Å². The number of aliphatic hydroxyl groups excluding tert-OH is 5. The third kappa shape index (κ3) is 3.93. The van der Waals surface area contributed by atoms with E-state index in [-0.39, 0.29) is 12.4 Å². The van der Waals surface area contributed by atoms with Crippen LogP contribution in [-0.4, -0.2) is 72.2 Å². The maximum Gasteiger partial charge on any atom is 0.332 e. The lowest BCUT2D eigenvalue weighted by atomic mass is 10.0. The lowest BCUT2D eigenvalue weighted by Crippen LogP contribution is -2.48. The first-order chi connectivity index (χ1) is 10.2. The summed E-state index contributed by atoms with van der Waals surface area (Å²) < 4.78 is 2.04. The van der Waals surface area contributed by atoms with E-state index < -0.39 is 42.3 Å². The van der Waals surface area contributed by atoms with Crippen LogP contribution in [0.15, 0.2) is 15.7 Å². The zero-order valence-corrected chi connectivity index (χ0v) is 12.2. The van der Waals surface area contributed by atoms with Gasteiger partial charge in [-0.2, -0.15) is 0 Å². The van der Waals surface area contributed by atoms with E-state index in [0.29, 0.717) is 0 Å². The molecule has 126 valence electrons. The smallest absolute Gasteiger partial charge is 0.332 e. The van der Waals surface area contributed by atoms with Crippen LogP contribution in [0, 0.1) is 0 Å². The van der Waals surface area contributed by atoms with Gasteiger partial charge in [-0.05, 0) is 0 Å². The highest BCUT2D eigenvalue weighted by Crippen LogP contribution is 2.06. The predicted molar refractivity (Wildman–Crippen MR) is 76.5 cm³/mol. The van der Waals surface area contributed by atoms with Gasteiger partial charge in [0.2, 0.25) is 0 Å². The molecular formula is C12H21N3O7. The minimum Gasteiger partial charge on any atom is -0.394 e. The van der Waals surface area contributed by atoms with Crippen LogP contribution in [0.4, 0.5) is 5.82 Å². The van der Waals surface area contributed by atoms with Crippen molar-refractivity contribution in [3.05, 3.63) is 26.9 Å². The van der Waals surface area contributed by atoms with Crippen molar-refractivity contribution in [2.24, 2.45) is 14.1 Å². The molecule has 0 unspecified atom stereocenters. The zero-order valence-electron chi connectivity index (χ0n) is 12.2. The topological polar surface area (TPSA) is 157 Å². The molecule has 0 radical (unpaired) electrons. The summed E-state index contributed by atoms with van der Waals surface area (Å²) in [5.41, 5.74) is -1.11. The molecule has 1 aromatic rings. The minimum absolute atomic E-state index is 0.122. The van der Waals surface area contributed by atoms with E-state index in [1.54, 1.807) is 0 Å². The van der Waals surface area contributed by atoms with Gasteiger partial charge in [0.05, 0.1) is 12.7 Å². The molecule has 1 heterocycles. The van der Waals surface area contributed by atoms with Crippen LogP contribution < -0.4 is 16.6 Å². The molecule has 0 aliphatic rings. The Balaban J connectivity index is 2.79. The predicted octanol–water partition coefficient (Wildman–Crippen LogP) is -4.07. The Morgan fingerprint density at radius 2 is 1.59 bits per heavy atom. The van der Waals surface area contributed by atoms with E-state index >= 15 is 0 Å². The van der Waals surface area contributed by atoms with Gasteiger partial charge in [-0.25, -0.2) is 4.79 Å². The number of aliphatic hydroxyl groups is 5. The average molecular weight is 319 g/mol. The first-order valence-electron chi connectivity index (χ1n) is 6.54. The number of hydrogen-bond acceptors (Lipinski definition) is 8. The molecular weight excluding hydrogens is 298 g/mol. The molecule has 6 N–H and O–H groups in total. The van der Waals surface area contributed by atoms with Crippen molar-refractivity contribution in [2.45, 2.75) is 24.4 Å². The molecule has 0 aliphatic heterocycles. The molecule has 0 saturated carbocycles. The summed E-state index contributed by atoms with van der Waals surface area (Å²) in [5, 5.41) is 49.3. The molecule has 1 rings (SSSR count). The molecule has 0 spiro atoms. The van der Waals surface area contributed by atoms with E-state index in [9.17, 15) is 30.0 Å². The fraction of sp³-hybridized carbons (Fsp3) is 0.667. The number of nitrogens with zero attached hydrogens (tertiary/aromatic N) is 2. The lowest BCUT2D eigenvalue weighted by molar-refractivity contribution is -0.111. The maximum absolute atomic E-state index is 11.7. The fourth-order valence-corrected chi connectivity index (χ4v) is 1.80. The average Bonchev–Trinajstić information content (AvgIpc) is 2.52. The number of anilines is 1. The van der Waals surface area contributed by atoms with Crippen LogP contribution in [0.2, 0.25) is 0 Å². The van der Waals surface area contributed by atoms with Crippen molar-refractivity contribution in [1.82, 2.24) is 9.13 Å². The van der Waals surface area contributed by atoms with E-state index in [4.69, 9.17) is 5.11 Å². The van der Waals surface area contributed by atoms with Crippen LogP contribution >= 0.6 is 0 Å². The van der Waals surface area contributed by atoms with Crippen LogP contribution in [0.5, 0.6) is 0 Å². The van der Waals surface area contributed by atoms with Gasteiger partial charge in [0.25, 0.3) is 5.56 Å². The Kier molecular flexibility index (Phi) is 6.26. The summed E-state index contributed by atoms with van der Waals surface area (Å²) in [4.78, 5) is 23.2. The molecule has 22 heavy (non-hydrogen) atoms. The molecule has 0 amide bonds. The molecule has 0 bridgehead atoms. The molecule has 10 nitrogen and oxygen atoms in total. The second-order valence-corrected chi connectivity index (χ2v) is 4.95. The molecule has 0 aliphatic carbocycles. The first-order valence-corrected chi connectivity index (χ1v) is 6.54. The van der Waals surface area contributed by atoms with E-state index in [1.165, 1.54) is 14.1 Å². The summed E-state index contributed by atoms with van der Waals surface area (Å²) in [6.07, 6.45) is -6.57. The van der Waals surface area contributed by atoms with E-state index in [1.807, 2.05) is 0 Å². The number of aromatic nitrogens is 2. The fourth-order valence-electron chi connectivity index (χ4n) is 1.80. The summed E-state index contributed by atoms with van der Waals surface area (Å²) in [5.74, 6) is 0.122. The van der Waals surface area contributed by atoms with Gasteiger partial charge >= 0.3 is 5.69 Å². The number of nitrogens with one attached hydrogen (secondary N) is 1. The van der Waals surface area contributed by atoms with Gasteiger partial charge in [0.1, 0.15) is 24.1 Å². The highest BCUT2D eigenvalue weighted by molar-refractivity contribution is 5.34. The molecule has 10 heteroatoms. The van der Waals surface area contributed by atoms with Gasteiger partial charge in [-0.1, -0.05) is 0 Å². The first kappa shape index (κ1) is 18.3. The summed E-state index contributed by atoms with van der Waals surface area (Å²) >= 11 is 0. The third-order valence-electron chi connectivity index (χ3n) is 3.34. The molecule has 0 saturated heterocycles. The SMILES string of the molecule is Cn1c(NC[C@@H](O)[C@@H](O)[C@H](O)[C@H](O)CO)cc(=O)n(C)c1=O. The van der Waals surface area contributed by atoms with Crippen LogP contribution in [0.3, 0.4) is 0 Å². The van der Waals surface area contributed by atoms with Crippen LogP contribution in [-0.2, 0) is 14.1 Å². The molecule has 0 fully saturated rings. The Labute approximate surface area is 125 Å². The molecule has 4 atom stereocenters. The second-order valence-electron chi connectivity index (χ2n) is 4.95. The minimum atomic E-state index is -1.74. The van der Waals surface area contributed by atoms with Gasteiger partial charge in [-0.3, -0.25) is 13.9 Å². The summed E-state index contributed by atoms with van der Waals surface area (Å²) in [6.45, 7) is -1.07. The van der Waals surface area contributed by atoms with Crippen LogP contribution in [0.1, 0.15) is 0 Å². The summed E-state index contributed by atoms with van der Waals surface area (Å²) in [7, 11) is 2.73. The Bertz CT molecular complexity index is 612. The Morgan fingerprint density at radius 3 is 2.14 bits per heavy atom. The highest BCUT2D eigenvalue weighted by atomic mass is 16.4. The standard InChI is InChI=1S/C12H21N3O7/c1-14-8(3-9(19)15(2)12(14)22)13-4-6(17)10(20)11(21)7(18)5-16/h3,6-7,10-11,13,16-18,20-21H,4-5H2,1-2H3/t6-,7-,10-,11-/m1/s1.